The normalized spacial score (nSPS) is 22.2. The van der Waals surface area contributed by atoms with Crippen LogP contribution in [0.5, 0.6) is 0 Å². The fraction of sp³-hybridized carbons (Fsp3) is 0.462. The molecule has 7 heteroatoms. The van der Waals surface area contributed by atoms with Gasteiger partial charge in [0.15, 0.2) is 0 Å². The molecule has 20 heavy (non-hydrogen) atoms. The summed E-state index contributed by atoms with van der Waals surface area (Å²) in [6.07, 6.45) is -3.57. The van der Waals surface area contributed by atoms with Crippen LogP contribution in [0.3, 0.4) is 0 Å². The fourth-order valence-electron chi connectivity index (χ4n) is 2.08. The van der Waals surface area contributed by atoms with E-state index in [2.05, 4.69) is 21.2 Å². The van der Waals surface area contributed by atoms with Crippen molar-refractivity contribution in [3.8, 4) is 0 Å². The highest BCUT2D eigenvalue weighted by Gasteiger charge is 2.32. The van der Waals surface area contributed by atoms with Crippen LogP contribution in [0, 0.1) is 5.92 Å². The molecule has 0 saturated heterocycles. The number of halogens is 4. The Morgan fingerprint density at radius 1 is 1.40 bits per heavy atom. The summed E-state index contributed by atoms with van der Waals surface area (Å²) >= 11 is 3.08. The van der Waals surface area contributed by atoms with Crippen molar-refractivity contribution in [2.75, 3.05) is 6.54 Å². The number of carbonyl (C=O) groups is 1. The number of rotatable bonds is 3. The first-order valence-corrected chi connectivity index (χ1v) is 6.89. The van der Waals surface area contributed by atoms with Crippen molar-refractivity contribution in [3.05, 3.63) is 33.8 Å². The van der Waals surface area contributed by atoms with Gasteiger partial charge in [-0.05, 0) is 52.9 Å². The second-order valence-electron chi connectivity index (χ2n) is 4.89. The van der Waals surface area contributed by atoms with E-state index in [-0.39, 0.29) is 17.6 Å². The number of hydrogen-bond acceptors (Lipinski definition) is 2. The molecule has 110 valence electrons. The first-order valence-electron chi connectivity index (χ1n) is 6.10. The van der Waals surface area contributed by atoms with E-state index in [1.807, 2.05) is 0 Å². The largest absolute Gasteiger partial charge is 0.416 e. The molecule has 0 atom stereocenters. The number of carbonyl (C=O) groups excluding carboxylic acids is 1. The predicted octanol–water partition coefficient (Wildman–Crippen LogP) is 2.97. The molecule has 2 N–H and O–H groups in total. The van der Waals surface area contributed by atoms with Crippen LogP contribution in [0.2, 0.25) is 0 Å². The first kappa shape index (κ1) is 15.3. The standard InChI is InChI=1S/C13H13BrF3NO2/c14-11-2-1-8(13(15,16)17)5-10(11)12(20)18-6-7-3-9(19)4-7/h1-2,5,7,9,19H,3-4,6H2,(H,18,20). The minimum atomic E-state index is -4.48. The van der Waals surface area contributed by atoms with Crippen LogP contribution < -0.4 is 5.32 Å². The average Bonchev–Trinajstić information content (AvgIpc) is 2.32. The third-order valence-corrected chi connectivity index (χ3v) is 3.99. The Morgan fingerprint density at radius 2 is 2.05 bits per heavy atom. The van der Waals surface area contributed by atoms with Crippen molar-refractivity contribution >= 4 is 21.8 Å². The van der Waals surface area contributed by atoms with Gasteiger partial charge in [0, 0.05) is 11.0 Å². The van der Waals surface area contributed by atoms with Crippen molar-refractivity contribution in [2.24, 2.45) is 5.92 Å². The summed E-state index contributed by atoms with van der Waals surface area (Å²) < 4.78 is 38.1. The topological polar surface area (TPSA) is 49.3 Å². The van der Waals surface area contributed by atoms with Gasteiger partial charge in [-0.15, -0.1) is 0 Å². The Bertz CT molecular complexity index is 513. The summed E-state index contributed by atoms with van der Waals surface area (Å²) in [4.78, 5) is 11.9. The van der Waals surface area contributed by atoms with Gasteiger partial charge in [0.25, 0.3) is 5.91 Å². The Hall–Kier alpha value is -1.08. The van der Waals surface area contributed by atoms with Crippen LogP contribution in [-0.4, -0.2) is 23.7 Å². The number of benzene rings is 1. The molecular weight excluding hydrogens is 339 g/mol. The second kappa shape index (κ2) is 5.73. The van der Waals surface area contributed by atoms with Gasteiger partial charge in [-0.1, -0.05) is 0 Å². The summed E-state index contributed by atoms with van der Waals surface area (Å²) in [5, 5.41) is 11.7. The number of amides is 1. The Kier molecular flexibility index (Phi) is 4.39. The number of alkyl halides is 3. The van der Waals surface area contributed by atoms with Gasteiger partial charge in [-0.3, -0.25) is 4.79 Å². The van der Waals surface area contributed by atoms with E-state index in [9.17, 15) is 18.0 Å². The monoisotopic (exact) mass is 351 g/mol. The van der Waals surface area contributed by atoms with Gasteiger partial charge in [0.05, 0.1) is 17.2 Å². The van der Waals surface area contributed by atoms with E-state index in [1.54, 1.807) is 0 Å². The second-order valence-corrected chi connectivity index (χ2v) is 5.75. The molecule has 0 spiro atoms. The molecular formula is C13H13BrF3NO2. The average molecular weight is 352 g/mol. The zero-order valence-electron chi connectivity index (χ0n) is 10.4. The Balaban J connectivity index is 2.05. The van der Waals surface area contributed by atoms with Gasteiger partial charge in [0.2, 0.25) is 0 Å². The SMILES string of the molecule is O=C(NCC1CC(O)C1)c1cc(C(F)(F)F)ccc1Br. The lowest BCUT2D eigenvalue weighted by Gasteiger charge is -2.31. The fourth-order valence-corrected chi connectivity index (χ4v) is 2.50. The lowest BCUT2D eigenvalue weighted by atomic mass is 9.82. The molecule has 0 bridgehead atoms. The van der Waals surface area contributed by atoms with Gasteiger partial charge >= 0.3 is 6.18 Å². The summed E-state index contributed by atoms with van der Waals surface area (Å²) in [6, 6.07) is 2.96. The van der Waals surface area contributed by atoms with Crippen LogP contribution in [0.25, 0.3) is 0 Å². The predicted molar refractivity (Wildman–Crippen MR) is 70.2 cm³/mol. The molecule has 3 nitrogen and oxygen atoms in total. The lowest BCUT2D eigenvalue weighted by Crippen LogP contribution is -2.38. The van der Waals surface area contributed by atoms with Crippen LogP contribution in [0.1, 0.15) is 28.8 Å². The van der Waals surface area contributed by atoms with E-state index in [0.717, 1.165) is 12.1 Å². The summed E-state index contributed by atoms with van der Waals surface area (Å²) in [6.45, 7) is 0.360. The molecule has 2 rings (SSSR count). The molecule has 1 saturated carbocycles. The summed E-state index contributed by atoms with van der Waals surface area (Å²) in [5.41, 5.74) is -0.899. The highest BCUT2D eigenvalue weighted by molar-refractivity contribution is 9.10. The quantitative estimate of drug-likeness (QED) is 0.879. The van der Waals surface area contributed by atoms with Crippen LogP contribution in [0.4, 0.5) is 13.2 Å². The molecule has 1 amide bonds. The van der Waals surface area contributed by atoms with Crippen molar-refractivity contribution in [2.45, 2.75) is 25.1 Å². The first-order chi connectivity index (χ1) is 9.27. The van der Waals surface area contributed by atoms with Crippen LogP contribution in [0.15, 0.2) is 22.7 Å². The molecule has 0 radical (unpaired) electrons. The number of aliphatic hydroxyl groups is 1. The molecule has 1 aromatic rings. The smallest absolute Gasteiger partial charge is 0.393 e. The molecule has 1 fully saturated rings. The van der Waals surface area contributed by atoms with Gasteiger partial charge < -0.3 is 10.4 Å². The maximum Gasteiger partial charge on any atom is 0.416 e. The van der Waals surface area contributed by atoms with E-state index in [0.29, 0.717) is 23.9 Å². The zero-order valence-corrected chi connectivity index (χ0v) is 12.0. The van der Waals surface area contributed by atoms with Crippen molar-refractivity contribution in [1.82, 2.24) is 5.32 Å². The summed E-state index contributed by atoms with van der Waals surface area (Å²) in [7, 11) is 0. The third kappa shape index (κ3) is 3.52. The molecule has 0 heterocycles. The highest BCUT2D eigenvalue weighted by atomic mass is 79.9. The lowest BCUT2D eigenvalue weighted by molar-refractivity contribution is -0.137. The molecule has 0 aromatic heterocycles. The number of hydrogen-bond donors (Lipinski definition) is 2. The highest BCUT2D eigenvalue weighted by Crippen LogP contribution is 2.32. The third-order valence-electron chi connectivity index (χ3n) is 3.30. The molecule has 0 aliphatic heterocycles. The minimum Gasteiger partial charge on any atom is -0.393 e. The van der Waals surface area contributed by atoms with Crippen LogP contribution in [-0.2, 0) is 6.18 Å². The maximum atomic E-state index is 12.6. The van der Waals surface area contributed by atoms with Crippen LogP contribution >= 0.6 is 15.9 Å². The number of nitrogens with one attached hydrogen (secondary N) is 1. The maximum absolute atomic E-state index is 12.6. The van der Waals surface area contributed by atoms with Crippen molar-refractivity contribution in [3.63, 3.8) is 0 Å². The number of aliphatic hydroxyl groups excluding tert-OH is 1. The van der Waals surface area contributed by atoms with E-state index in [4.69, 9.17) is 5.11 Å². The molecule has 1 aliphatic carbocycles. The minimum absolute atomic E-state index is 0.0419. The molecule has 0 unspecified atom stereocenters. The molecule has 1 aliphatic rings. The van der Waals surface area contributed by atoms with Crippen molar-refractivity contribution in [1.29, 1.82) is 0 Å². The van der Waals surface area contributed by atoms with Gasteiger partial charge in [-0.25, -0.2) is 0 Å². The molecule has 1 aromatic carbocycles. The van der Waals surface area contributed by atoms with Gasteiger partial charge in [-0.2, -0.15) is 13.2 Å². The summed E-state index contributed by atoms with van der Waals surface area (Å²) in [5.74, 6) is -0.358. The zero-order chi connectivity index (χ0) is 14.9. The van der Waals surface area contributed by atoms with Crippen molar-refractivity contribution < 1.29 is 23.1 Å². The van der Waals surface area contributed by atoms with E-state index in [1.165, 1.54) is 6.07 Å². The van der Waals surface area contributed by atoms with E-state index < -0.39 is 17.6 Å². The Labute approximate surface area is 122 Å². The van der Waals surface area contributed by atoms with Gasteiger partial charge in [0.1, 0.15) is 0 Å². The van der Waals surface area contributed by atoms with E-state index >= 15 is 0 Å². The Morgan fingerprint density at radius 3 is 2.60 bits per heavy atom.